The predicted molar refractivity (Wildman–Crippen MR) is 134 cm³/mol. The summed E-state index contributed by atoms with van der Waals surface area (Å²) in [7, 11) is -2.04. The fourth-order valence-corrected chi connectivity index (χ4v) is 3.40. The number of halogens is 1. The molecule has 2 aromatic carbocycles. The number of sulfonamides is 1. The van der Waals surface area contributed by atoms with E-state index in [-0.39, 0.29) is 28.9 Å². The molecule has 0 aliphatic rings. The van der Waals surface area contributed by atoms with Crippen molar-refractivity contribution in [3.63, 3.8) is 0 Å². The number of rotatable bonds is 10. The first-order valence-electron chi connectivity index (χ1n) is 9.82. The summed E-state index contributed by atoms with van der Waals surface area (Å²) in [5.41, 5.74) is 1.91. The summed E-state index contributed by atoms with van der Waals surface area (Å²) in [6.07, 6.45) is 0.772. The quantitative estimate of drug-likeness (QED) is 0.233. The van der Waals surface area contributed by atoms with Crippen molar-refractivity contribution >= 4 is 40.0 Å². The van der Waals surface area contributed by atoms with Gasteiger partial charge in [-0.1, -0.05) is 18.2 Å². The van der Waals surface area contributed by atoms with Crippen LogP contribution in [0.4, 0.5) is 0 Å². The number of nitrogens with one attached hydrogen (secondary N) is 2. The van der Waals surface area contributed by atoms with Gasteiger partial charge in [-0.2, -0.15) is 0 Å². The van der Waals surface area contributed by atoms with Gasteiger partial charge in [-0.15, -0.1) is 24.0 Å². The van der Waals surface area contributed by atoms with E-state index in [1.165, 1.54) is 6.07 Å². The third-order valence-corrected chi connectivity index (χ3v) is 5.14. The summed E-state index contributed by atoms with van der Waals surface area (Å²) < 4.78 is 34.2. The smallest absolute Gasteiger partial charge is 0.238 e. The molecule has 0 saturated heterocycles. The van der Waals surface area contributed by atoms with Crippen LogP contribution in [0.15, 0.2) is 52.4 Å². The summed E-state index contributed by atoms with van der Waals surface area (Å²) in [5, 5.41) is 11.6. The maximum atomic E-state index is 11.5. The molecule has 0 fully saturated rings. The highest BCUT2D eigenvalue weighted by atomic mass is 127. The van der Waals surface area contributed by atoms with Crippen LogP contribution in [0.1, 0.15) is 25.0 Å². The Bertz CT molecular complexity index is 968. The molecule has 0 atom stereocenters. The average molecular weight is 562 g/mol. The Morgan fingerprint density at radius 3 is 2.35 bits per heavy atom. The van der Waals surface area contributed by atoms with E-state index in [1.807, 2.05) is 38.1 Å². The minimum Gasteiger partial charge on any atom is -0.490 e. The Kier molecular flexibility index (Phi) is 11.6. The molecule has 172 valence electrons. The van der Waals surface area contributed by atoms with Crippen molar-refractivity contribution < 1.29 is 17.9 Å². The molecule has 2 rings (SSSR count). The lowest BCUT2D eigenvalue weighted by Gasteiger charge is -2.14. The highest BCUT2D eigenvalue weighted by Crippen LogP contribution is 2.28. The van der Waals surface area contributed by atoms with Gasteiger partial charge in [0, 0.05) is 20.1 Å². The van der Waals surface area contributed by atoms with Crippen molar-refractivity contribution in [1.82, 2.24) is 10.6 Å². The first-order chi connectivity index (χ1) is 14.4. The highest BCUT2D eigenvalue weighted by Gasteiger charge is 2.09. The van der Waals surface area contributed by atoms with E-state index in [0.717, 1.165) is 29.0 Å². The van der Waals surface area contributed by atoms with E-state index >= 15 is 0 Å². The van der Waals surface area contributed by atoms with Crippen molar-refractivity contribution in [3.8, 4) is 11.5 Å². The summed E-state index contributed by atoms with van der Waals surface area (Å²) in [6, 6.07) is 12.4. The molecule has 0 aliphatic carbocycles. The third kappa shape index (κ3) is 8.91. The van der Waals surface area contributed by atoms with Gasteiger partial charge in [0.15, 0.2) is 17.5 Å². The lowest BCUT2D eigenvalue weighted by molar-refractivity contribution is 0.287. The van der Waals surface area contributed by atoms with Gasteiger partial charge in [0.05, 0.1) is 18.1 Å². The number of primary sulfonamides is 1. The molecular weight excluding hydrogens is 531 g/mol. The fourth-order valence-electron chi connectivity index (χ4n) is 2.82. The molecule has 0 heterocycles. The Hall–Kier alpha value is -2.05. The SMILES string of the molecule is CCOc1ccc(CCNC(=NC)NCc2cccc(S(N)(=O)=O)c2)cc1OCC.I. The number of guanidine groups is 1. The Morgan fingerprint density at radius 2 is 1.71 bits per heavy atom. The Labute approximate surface area is 201 Å². The summed E-state index contributed by atoms with van der Waals surface area (Å²) >= 11 is 0. The van der Waals surface area contributed by atoms with E-state index in [2.05, 4.69) is 15.6 Å². The number of nitrogens with zero attached hydrogens (tertiary/aromatic N) is 1. The number of ether oxygens (including phenoxy) is 2. The third-order valence-electron chi connectivity index (χ3n) is 4.22. The average Bonchev–Trinajstić information content (AvgIpc) is 2.72. The van der Waals surface area contributed by atoms with Gasteiger partial charge in [-0.3, -0.25) is 4.99 Å². The predicted octanol–water partition coefficient (Wildman–Crippen LogP) is 2.66. The second-order valence-corrected chi connectivity index (χ2v) is 8.00. The summed E-state index contributed by atoms with van der Waals surface area (Å²) in [5.74, 6) is 2.11. The molecule has 10 heteroatoms. The van der Waals surface area contributed by atoms with E-state index < -0.39 is 10.0 Å². The Balaban J connectivity index is 0.00000480. The monoisotopic (exact) mass is 562 g/mol. The largest absolute Gasteiger partial charge is 0.490 e. The van der Waals surface area contributed by atoms with Crippen LogP contribution in [0.25, 0.3) is 0 Å². The van der Waals surface area contributed by atoms with Crippen LogP contribution in [0.5, 0.6) is 11.5 Å². The van der Waals surface area contributed by atoms with Crippen LogP contribution in [-0.2, 0) is 23.0 Å². The van der Waals surface area contributed by atoms with Crippen molar-refractivity contribution in [2.75, 3.05) is 26.8 Å². The molecule has 0 saturated carbocycles. The lowest BCUT2D eigenvalue weighted by Crippen LogP contribution is -2.37. The molecule has 0 radical (unpaired) electrons. The molecule has 31 heavy (non-hydrogen) atoms. The number of nitrogens with two attached hydrogens (primary N) is 1. The van der Waals surface area contributed by atoms with E-state index in [1.54, 1.807) is 19.2 Å². The van der Waals surface area contributed by atoms with Gasteiger partial charge in [0.25, 0.3) is 0 Å². The molecule has 8 nitrogen and oxygen atoms in total. The van der Waals surface area contributed by atoms with Gasteiger partial charge < -0.3 is 20.1 Å². The van der Waals surface area contributed by atoms with Crippen molar-refractivity contribution in [3.05, 3.63) is 53.6 Å². The molecule has 0 bridgehead atoms. The first-order valence-corrected chi connectivity index (χ1v) is 11.4. The van der Waals surface area contributed by atoms with Crippen LogP contribution in [-0.4, -0.2) is 41.2 Å². The van der Waals surface area contributed by atoms with Crippen LogP contribution in [0.3, 0.4) is 0 Å². The van der Waals surface area contributed by atoms with Gasteiger partial charge in [0.2, 0.25) is 10.0 Å². The number of aliphatic imine (C=N–C) groups is 1. The minimum atomic E-state index is -3.72. The van der Waals surface area contributed by atoms with E-state index in [4.69, 9.17) is 14.6 Å². The van der Waals surface area contributed by atoms with Gasteiger partial charge in [-0.05, 0) is 55.7 Å². The molecule has 0 amide bonds. The molecular formula is C21H31IN4O4S. The van der Waals surface area contributed by atoms with Crippen LogP contribution in [0.2, 0.25) is 0 Å². The number of benzene rings is 2. The second kappa shape index (κ2) is 13.4. The topological polar surface area (TPSA) is 115 Å². The van der Waals surface area contributed by atoms with E-state index in [9.17, 15) is 8.42 Å². The standard InChI is InChI=1S/C21H30N4O4S.HI/c1-4-28-19-10-9-16(14-20(19)29-5-2)11-12-24-21(23-3)25-15-17-7-6-8-18(13-17)30(22,26)27;/h6-10,13-14H,4-5,11-12,15H2,1-3H3,(H2,22,26,27)(H2,23,24,25);1H. The first kappa shape index (κ1) is 27.0. The summed E-state index contributed by atoms with van der Waals surface area (Å²) in [6.45, 7) is 6.13. The molecule has 4 N–H and O–H groups in total. The fraction of sp³-hybridized carbons (Fsp3) is 0.381. The normalized spacial score (nSPS) is 11.4. The van der Waals surface area contributed by atoms with Gasteiger partial charge in [-0.25, -0.2) is 13.6 Å². The molecule has 0 aliphatic heterocycles. The molecule has 0 aromatic heterocycles. The summed E-state index contributed by atoms with van der Waals surface area (Å²) in [4.78, 5) is 4.29. The maximum Gasteiger partial charge on any atom is 0.238 e. The molecule has 0 unspecified atom stereocenters. The van der Waals surface area contributed by atoms with E-state index in [0.29, 0.717) is 32.3 Å². The zero-order valence-corrected chi connectivity index (χ0v) is 21.2. The highest BCUT2D eigenvalue weighted by molar-refractivity contribution is 14.0. The second-order valence-electron chi connectivity index (χ2n) is 6.44. The number of hydrogen-bond acceptors (Lipinski definition) is 5. The van der Waals surface area contributed by atoms with Crippen molar-refractivity contribution in [2.45, 2.75) is 31.7 Å². The molecule has 2 aromatic rings. The van der Waals surface area contributed by atoms with Crippen molar-refractivity contribution in [2.24, 2.45) is 10.1 Å². The van der Waals surface area contributed by atoms with Gasteiger partial charge >= 0.3 is 0 Å². The van der Waals surface area contributed by atoms with Gasteiger partial charge in [0.1, 0.15) is 0 Å². The zero-order chi connectivity index (χ0) is 22.0. The minimum absolute atomic E-state index is 0. The van der Waals surface area contributed by atoms with Crippen LogP contribution < -0.4 is 25.2 Å². The Morgan fingerprint density at radius 1 is 1.00 bits per heavy atom. The van der Waals surface area contributed by atoms with Crippen LogP contribution in [0, 0.1) is 0 Å². The van der Waals surface area contributed by atoms with Crippen LogP contribution >= 0.6 is 24.0 Å². The van der Waals surface area contributed by atoms with Crippen molar-refractivity contribution in [1.29, 1.82) is 0 Å². The maximum absolute atomic E-state index is 11.5. The zero-order valence-electron chi connectivity index (χ0n) is 18.1. The lowest BCUT2D eigenvalue weighted by atomic mass is 10.1. The number of hydrogen-bond donors (Lipinski definition) is 3. The molecule has 0 spiro atoms.